The molecular formula is C22H22N2O5S2. The number of fused-ring (bicyclic) bond motifs is 3. The summed E-state index contributed by atoms with van der Waals surface area (Å²) in [6, 6.07) is 9.25. The van der Waals surface area contributed by atoms with Crippen molar-refractivity contribution in [2.45, 2.75) is 38.6 Å². The molecule has 0 aliphatic rings. The van der Waals surface area contributed by atoms with Gasteiger partial charge in [-0.05, 0) is 49.6 Å². The van der Waals surface area contributed by atoms with Crippen molar-refractivity contribution >= 4 is 49.3 Å². The Morgan fingerprint density at radius 1 is 1.10 bits per heavy atom. The first kappa shape index (κ1) is 21.5. The highest BCUT2D eigenvalue weighted by atomic mass is 32.2. The van der Waals surface area contributed by atoms with Crippen LogP contribution < -0.4 is 4.72 Å². The van der Waals surface area contributed by atoms with Gasteiger partial charge in [0.05, 0.1) is 20.5 Å². The first-order valence-electron chi connectivity index (χ1n) is 9.72. The van der Waals surface area contributed by atoms with Crippen LogP contribution in [-0.2, 0) is 14.8 Å². The number of rotatable bonds is 6. The normalized spacial score (nSPS) is 13.3. The molecule has 162 valence electrons. The van der Waals surface area contributed by atoms with Gasteiger partial charge in [0.15, 0.2) is 0 Å². The van der Waals surface area contributed by atoms with Crippen LogP contribution in [0.2, 0.25) is 0 Å². The van der Waals surface area contributed by atoms with E-state index >= 15 is 0 Å². The molecular weight excluding hydrogens is 436 g/mol. The van der Waals surface area contributed by atoms with E-state index in [9.17, 15) is 18.3 Å². The van der Waals surface area contributed by atoms with Gasteiger partial charge in [0.1, 0.15) is 17.2 Å². The fourth-order valence-electron chi connectivity index (χ4n) is 3.57. The number of nitrogens with one attached hydrogen (secondary N) is 1. The van der Waals surface area contributed by atoms with E-state index in [1.165, 1.54) is 12.1 Å². The lowest BCUT2D eigenvalue weighted by atomic mass is 10.1. The molecule has 2 aromatic heterocycles. The number of sulfonamides is 1. The minimum atomic E-state index is -4.03. The number of carbonyl (C=O) groups is 1. The summed E-state index contributed by atoms with van der Waals surface area (Å²) in [5.74, 6) is -1.62. The van der Waals surface area contributed by atoms with E-state index < -0.39 is 28.0 Å². The van der Waals surface area contributed by atoms with Crippen molar-refractivity contribution in [1.29, 1.82) is 0 Å². The van der Waals surface area contributed by atoms with Crippen molar-refractivity contribution in [3.05, 3.63) is 47.1 Å². The predicted molar refractivity (Wildman–Crippen MR) is 121 cm³/mol. The lowest BCUT2D eigenvalue weighted by Crippen LogP contribution is -2.44. The molecule has 4 rings (SSSR count). The van der Waals surface area contributed by atoms with Gasteiger partial charge in [0.2, 0.25) is 10.0 Å². The van der Waals surface area contributed by atoms with Crippen LogP contribution in [0.1, 0.15) is 24.5 Å². The number of benzene rings is 2. The first-order valence-corrected chi connectivity index (χ1v) is 12.0. The maximum Gasteiger partial charge on any atom is 0.322 e. The monoisotopic (exact) mass is 458 g/mol. The molecule has 2 N–H and O–H groups in total. The Balaban J connectivity index is 1.76. The van der Waals surface area contributed by atoms with Crippen LogP contribution in [0, 0.1) is 19.8 Å². The molecule has 0 amide bonds. The maximum absolute atomic E-state index is 12.8. The minimum absolute atomic E-state index is 0.0416. The van der Waals surface area contributed by atoms with Gasteiger partial charge in [0, 0.05) is 16.8 Å². The predicted octanol–water partition coefficient (Wildman–Crippen LogP) is 4.71. The Labute approximate surface area is 183 Å². The standard InChI is InChI=1S/C22H22N2O5S2/c1-11(2)20(22(25)26)24-31(27,28)15-6-8-17-16-7-5-14(9-18(16)29-19(17)10-15)21-12(3)23-13(4)30-21/h5-11,20,24H,1-4H3,(H,25,26)/t20-/m0/s1. The lowest BCUT2D eigenvalue weighted by molar-refractivity contribution is -0.140. The third kappa shape index (κ3) is 3.96. The lowest BCUT2D eigenvalue weighted by Gasteiger charge is -2.17. The second-order valence-electron chi connectivity index (χ2n) is 7.80. The number of thiazole rings is 1. The van der Waals surface area contributed by atoms with Crippen LogP contribution in [0.3, 0.4) is 0 Å². The first-order chi connectivity index (χ1) is 14.6. The Morgan fingerprint density at radius 3 is 2.32 bits per heavy atom. The van der Waals surface area contributed by atoms with Crippen LogP contribution in [0.15, 0.2) is 45.7 Å². The highest BCUT2D eigenvalue weighted by molar-refractivity contribution is 7.89. The molecule has 0 bridgehead atoms. The Hall–Kier alpha value is -2.75. The summed E-state index contributed by atoms with van der Waals surface area (Å²) in [6.45, 7) is 7.22. The van der Waals surface area contributed by atoms with Gasteiger partial charge >= 0.3 is 5.97 Å². The van der Waals surface area contributed by atoms with Gasteiger partial charge in [-0.25, -0.2) is 13.4 Å². The minimum Gasteiger partial charge on any atom is -0.480 e. The summed E-state index contributed by atoms with van der Waals surface area (Å²) in [6.07, 6.45) is 0. The summed E-state index contributed by atoms with van der Waals surface area (Å²) in [5, 5.41) is 12.0. The molecule has 9 heteroatoms. The number of aromatic nitrogens is 1. The zero-order chi connectivity index (χ0) is 22.5. The summed E-state index contributed by atoms with van der Waals surface area (Å²) >= 11 is 1.61. The van der Waals surface area contributed by atoms with Gasteiger partial charge < -0.3 is 9.52 Å². The van der Waals surface area contributed by atoms with Crippen LogP contribution in [0.25, 0.3) is 32.4 Å². The second-order valence-corrected chi connectivity index (χ2v) is 10.7. The average molecular weight is 459 g/mol. The van der Waals surface area contributed by atoms with Gasteiger partial charge in [-0.15, -0.1) is 11.3 Å². The zero-order valence-electron chi connectivity index (χ0n) is 17.5. The van der Waals surface area contributed by atoms with Crippen molar-refractivity contribution in [3.8, 4) is 10.4 Å². The van der Waals surface area contributed by atoms with Gasteiger partial charge in [-0.1, -0.05) is 19.9 Å². The second kappa shape index (κ2) is 7.74. The molecule has 0 saturated heterocycles. The van der Waals surface area contributed by atoms with Crippen molar-refractivity contribution in [1.82, 2.24) is 9.71 Å². The third-order valence-electron chi connectivity index (χ3n) is 5.14. The number of aliphatic carboxylic acids is 1. The Bertz CT molecular complexity index is 1420. The van der Waals surface area contributed by atoms with E-state index in [0.29, 0.717) is 11.2 Å². The number of hydrogen-bond acceptors (Lipinski definition) is 6. The van der Waals surface area contributed by atoms with Gasteiger partial charge in [-0.3, -0.25) is 4.79 Å². The van der Waals surface area contributed by atoms with Crippen LogP contribution in [-0.4, -0.2) is 30.5 Å². The topological polar surface area (TPSA) is 110 Å². The molecule has 1 atom stereocenters. The van der Waals surface area contributed by atoms with Crippen molar-refractivity contribution in [2.24, 2.45) is 5.92 Å². The average Bonchev–Trinajstić information content (AvgIpc) is 3.23. The van der Waals surface area contributed by atoms with E-state index in [-0.39, 0.29) is 4.90 Å². The quantitative estimate of drug-likeness (QED) is 0.433. The molecule has 31 heavy (non-hydrogen) atoms. The number of carboxylic acids is 1. The molecule has 7 nitrogen and oxygen atoms in total. The molecule has 2 heterocycles. The van der Waals surface area contributed by atoms with E-state index in [4.69, 9.17) is 4.42 Å². The SMILES string of the molecule is Cc1nc(C)c(-c2ccc3c(c2)oc2cc(S(=O)(=O)N[C@H](C(=O)O)C(C)C)ccc23)s1. The molecule has 0 radical (unpaired) electrons. The summed E-state index contributed by atoms with van der Waals surface area (Å²) in [5.41, 5.74) is 3.01. The largest absolute Gasteiger partial charge is 0.480 e. The summed E-state index contributed by atoms with van der Waals surface area (Å²) in [4.78, 5) is 16.9. The van der Waals surface area contributed by atoms with Crippen LogP contribution in [0.4, 0.5) is 0 Å². The van der Waals surface area contributed by atoms with Gasteiger partial charge in [0.25, 0.3) is 0 Å². The summed E-state index contributed by atoms with van der Waals surface area (Å²) < 4.78 is 33.8. The van der Waals surface area contributed by atoms with E-state index in [0.717, 1.165) is 31.9 Å². The molecule has 0 saturated carbocycles. The van der Waals surface area contributed by atoms with Crippen molar-refractivity contribution < 1.29 is 22.7 Å². The maximum atomic E-state index is 12.8. The van der Waals surface area contributed by atoms with Crippen molar-refractivity contribution in [2.75, 3.05) is 0 Å². The highest BCUT2D eigenvalue weighted by Gasteiger charge is 2.28. The van der Waals surface area contributed by atoms with Crippen LogP contribution >= 0.6 is 11.3 Å². The number of carboxylic acid groups (broad SMARTS) is 1. The molecule has 0 fully saturated rings. The van der Waals surface area contributed by atoms with Crippen molar-refractivity contribution in [3.63, 3.8) is 0 Å². The Morgan fingerprint density at radius 2 is 1.74 bits per heavy atom. The molecule has 0 unspecified atom stereocenters. The fraction of sp³-hybridized carbons (Fsp3) is 0.273. The molecule has 0 spiro atoms. The molecule has 4 aromatic rings. The molecule has 2 aromatic carbocycles. The highest BCUT2D eigenvalue weighted by Crippen LogP contribution is 2.36. The number of nitrogens with zero attached hydrogens (tertiary/aromatic N) is 1. The smallest absolute Gasteiger partial charge is 0.322 e. The van der Waals surface area contributed by atoms with Crippen LogP contribution in [0.5, 0.6) is 0 Å². The molecule has 0 aliphatic heterocycles. The third-order valence-corrected chi connectivity index (χ3v) is 7.70. The number of aryl methyl sites for hydroxylation is 2. The number of hydrogen-bond donors (Lipinski definition) is 2. The molecule has 0 aliphatic carbocycles. The van der Waals surface area contributed by atoms with Gasteiger partial charge in [-0.2, -0.15) is 4.72 Å². The fourth-order valence-corrected chi connectivity index (χ4v) is 5.84. The Kier molecular flexibility index (Phi) is 5.36. The van der Waals surface area contributed by atoms with E-state index in [1.54, 1.807) is 31.3 Å². The zero-order valence-corrected chi connectivity index (χ0v) is 19.1. The summed E-state index contributed by atoms with van der Waals surface area (Å²) in [7, 11) is -4.03. The number of furan rings is 1. The van der Waals surface area contributed by atoms with E-state index in [2.05, 4.69) is 9.71 Å². The van der Waals surface area contributed by atoms with E-state index in [1.807, 2.05) is 32.0 Å².